The second kappa shape index (κ2) is 32.3. The van der Waals surface area contributed by atoms with Crippen molar-refractivity contribution < 1.29 is 42.8 Å². The molecule has 3 aliphatic heterocycles. The van der Waals surface area contributed by atoms with E-state index < -0.39 is 0 Å². The Hall–Kier alpha value is -9.66. The van der Waals surface area contributed by atoms with Crippen LogP contribution in [0.1, 0.15) is 64.0 Å². The average molecular weight is 1410 g/mol. The van der Waals surface area contributed by atoms with E-state index in [1.807, 2.05) is 109 Å². The molecule has 3 saturated heterocycles. The maximum absolute atomic E-state index is 11.6. The minimum Gasteiger partial charge on any atom is -0.493 e. The molecular formula is C72H86ClN15O9S2. The van der Waals surface area contributed by atoms with Crippen molar-refractivity contribution in [2.45, 2.75) is 90.9 Å². The average Bonchev–Trinajstić information content (AvgIpc) is 1.63. The Bertz CT molecular complexity index is 4550. The number of nitrogens with zero attached hydrogens (tertiary/aromatic N) is 12. The number of amides is 3. The summed E-state index contributed by atoms with van der Waals surface area (Å²) in [7, 11) is 9.73. The summed E-state index contributed by atoms with van der Waals surface area (Å²) < 4.78 is 38.3. The molecule has 10 aromatic rings. The van der Waals surface area contributed by atoms with E-state index in [1.165, 1.54) is 6.92 Å². The van der Waals surface area contributed by atoms with E-state index in [-0.39, 0.29) is 35.8 Å². The number of carbonyl (C=O) groups is 3. The summed E-state index contributed by atoms with van der Waals surface area (Å²) in [6.07, 6.45) is 4.36. The molecule has 3 atom stereocenters. The molecule has 0 saturated carbocycles. The fourth-order valence-corrected chi connectivity index (χ4v) is 13.9. The monoisotopic (exact) mass is 1400 g/mol. The highest BCUT2D eigenvalue weighted by Crippen LogP contribution is 2.41. The molecule has 3 fully saturated rings. The van der Waals surface area contributed by atoms with Gasteiger partial charge in [0.25, 0.3) is 0 Å². The van der Waals surface area contributed by atoms with Crippen molar-refractivity contribution in [3.8, 4) is 79.5 Å². The topological polar surface area (TPSA) is 243 Å². The standard InChI is InChI=1S/C27H29N5O3.C23H29N5O3S.C21H24ClN5O3.CH4S/c1-17-26(20-10-11-24(34-3)25(14-20)35-4)32-27(28-17)23(31-13-12-21(16-31)29-18(2)33)15-22(30-32)19-8-6-5-7-9-19;1-6-32-21-12-18(27-10-9-17(13-27)25-15(3)29)23-24-14(2)22(28(23)26-21)16-7-8-19(30-4)20(11-16)31-5;1-12-20(14-5-6-17(29-3)18(9-14)30-4)27-21(23-12)16(10-19(22)25-27)26-8-7-15(11-26)24-13(2)28;1-2/h5-11,14-15,21H,12-13,16H2,1-4H3,(H,29,33);7-8,11-12,17H,6,9-10,13H2,1-5H3,(H,25,29);5-6,9-10,15H,7-8,11H2,1-4H3,(H,24,28);2H,1H3/t21-;17-;15-;/m111./s1. The molecule has 13 rings (SSSR count). The summed E-state index contributed by atoms with van der Waals surface area (Å²) in [5.74, 6) is 4.85. The van der Waals surface area contributed by atoms with Crippen LogP contribution in [0.3, 0.4) is 0 Å². The molecule has 0 radical (unpaired) electrons. The van der Waals surface area contributed by atoms with Crippen molar-refractivity contribution >= 4 is 87.7 Å². The van der Waals surface area contributed by atoms with Gasteiger partial charge in [-0.1, -0.05) is 48.9 Å². The Balaban J connectivity index is 0.000000159. The van der Waals surface area contributed by atoms with Gasteiger partial charge in [0, 0.05) is 106 Å². The third-order valence-electron chi connectivity index (χ3n) is 17.3. The number of imidazole rings is 3. The van der Waals surface area contributed by atoms with Crippen LogP contribution in [-0.2, 0) is 14.4 Å². The molecule has 6 aromatic heterocycles. The highest BCUT2D eigenvalue weighted by atomic mass is 35.5. The third kappa shape index (κ3) is 15.9. The summed E-state index contributed by atoms with van der Waals surface area (Å²) in [6.45, 7) is 17.4. The van der Waals surface area contributed by atoms with Gasteiger partial charge in [0.2, 0.25) is 17.7 Å². The van der Waals surface area contributed by atoms with Crippen LogP contribution < -0.4 is 59.1 Å². The molecule has 3 N–H and O–H groups in total. The Kier molecular flexibility index (Phi) is 23.6. The van der Waals surface area contributed by atoms with Crippen molar-refractivity contribution in [2.24, 2.45) is 0 Å². The lowest BCUT2D eigenvalue weighted by molar-refractivity contribution is -0.120. The number of anilines is 3. The highest BCUT2D eigenvalue weighted by molar-refractivity contribution is 7.99. The summed E-state index contributed by atoms with van der Waals surface area (Å²) in [5.41, 5.74) is 15.2. The van der Waals surface area contributed by atoms with Crippen molar-refractivity contribution in [3.63, 3.8) is 0 Å². The number of thioether (sulfide) groups is 1. The fourth-order valence-electron chi connectivity index (χ4n) is 13.0. The molecule has 522 valence electrons. The maximum atomic E-state index is 11.6. The summed E-state index contributed by atoms with van der Waals surface area (Å²) in [6, 6.07) is 34.0. The molecule has 0 spiro atoms. The lowest BCUT2D eigenvalue weighted by Gasteiger charge is -2.20. The van der Waals surface area contributed by atoms with Gasteiger partial charge in [0.15, 0.2) is 56.6 Å². The largest absolute Gasteiger partial charge is 0.493 e. The Morgan fingerprint density at radius 1 is 0.475 bits per heavy atom. The number of halogens is 1. The second-order valence-electron chi connectivity index (χ2n) is 23.9. The van der Waals surface area contributed by atoms with Crippen LogP contribution in [-0.4, -0.2) is 174 Å². The predicted octanol–water partition coefficient (Wildman–Crippen LogP) is 11.3. The van der Waals surface area contributed by atoms with Gasteiger partial charge in [-0.2, -0.15) is 27.9 Å². The van der Waals surface area contributed by atoms with Gasteiger partial charge < -0.3 is 59.1 Å². The van der Waals surface area contributed by atoms with Crippen LogP contribution in [0.5, 0.6) is 34.5 Å². The first-order valence-electron chi connectivity index (χ1n) is 32.6. The van der Waals surface area contributed by atoms with Gasteiger partial charge in [0.05, 0.1) is 99.6 Å². The quantitative estimate of drug-likeness (QED) is 0.0461. The van der Waals surface area contributed by atoms with Gasteiger partial charge in [-0.3, -0.25) is 14.4 Å². The van der Waals surface area contributed by atoms with Crippen LogP contribution in [0.4, 0.5) is 17.1 Å². The summed E-state index contributed by atoms with van der Waals surface area (Å²) in [4.78, 5) is 56.0. The second-order valence-corrected chi connectivity index (χ2v) is 25.6. The van der Waals surface area contributed by atoms with E-state index in [0.717, 1.165) is 159 Å². The van der Waals surface area contributed by atoms with Gasteiger partial charge in [-0.15, -0.1) is 11.8 Å². The number of hydrogen-bond acceptors (Lipinski definition) is 20. The van der Waals surface area contributed by atoms with E-state index >= 15 is 0 Å². The normalized spacial score (nSPS) is 15.6. The highest BCUT2D eigenvalue weighted by Gasteiger charge is 2.32. The lowest BCUT2D eigenvalue weighted by atomic mass is 10.1. The first-order valence-corrected chi connectivity index (χ1v) is 34.8. The number of methoxy groups -OCH3 is 6. The zero-order valence-corrected chi connectivity index (χ0v) is 60.9. The maximum Gasteiger partial charge on any atom is 0.217 e. The number of fused-ring (bicyclic) bond motifs is 3. The zero-order valence-electron chi connectivity index (χ0n) is 58.4. The van der Waals surface area contributed by atoms with E-state index in [2.05, 4.69) is 79.6 Å². The zero-order chi connectivity index (χ0) is 70.8. The number of benzene rings is 4. The van der Waals surface area contributed by atoms with Gasteiger partial charge in [-0.25, -0.2) is 28.5 Å². The molecule has 3 aliphatic rings. The number of nitrogens with one attached hydrogen (secondary N) is 3. The molecule has 0 aliphatic carbocycles. The molecule has 99 heavy (non-hydrogen) atoms. The summed E-state index contributed by atoms with van der Waals surface area (Å²) >= 11 is 11.6. The lowest BCUT2D eigenvalue weighted by Crippen LogP contribution is -2.35. The van der Waals surface area contributed by atoms with Crippen LogP contribution >= 0.6 is 36.0 Å². The number of carbonyl (C=O) groups excluding carboxylic acids is 3. The minimum absolute atomic E-state index is 0.00547. The van der Waals surface area contributed by atoms with E-state index in [4.69, 9.17) is 65.2 Å². The van der Waals surface area contributed by atoms with Gasteiger partial charge in [0.1, 0.15) is 5.03 Å². The van der Waals surface area contributed by atoms with Crippen molar-refractivity contribution in [1.82, 2.24) is 59.7 Å². The Morgan fingerprint density at radius 2 is 0.828 bits per heavy atom. The van der Waals surface area contributed by atoms with Crippen LogP contribution in [0.2, 0.25) is 5.15 Å². The molecule has 9 heterocycles. The third-order valence-corrected chi connectivity index (χ3v) is 18.3. The van der Waals surface area contributed by atoms with E-state index in [0.29, 0.717) is 46.2 Å². The van der Waals surface area contributed by atoms with Crippen LogP contribution in [0, 0.1) is 20.8 Å². The molecule has 24 nitrogen and oxygen atoms in total. The number of aromatic nitrogens is 9. The van der Waals surface area contributed by atoms with Gasteiger partial charge >= 0.3 is 0 Å². The number of thiol groups is 1. The fraction of sp³-hybridized carbons (Fsp3) is 0.375. The number of hydrogen-bond donors (Lipinski definition) is 4. The minimum atomic E-state index is -0.0212. The van der Waals surface area contributed by atoms with Crippen LogP contribution in [0.15, 0.2) is 108 Å². The first-order chi connectivity index (χ1) is 47.8. The summed E-state index contributed by atoms with van der Waals surface area (Å²) in [5, 5.41) is 24.9. The van der Waals surface area contributed by atoms with Crippen molar-refractivity contribution in [1.29, 1.82) is 0 Å². The Labute approximate surface area is 591 Å². The number of aryl methyl sites for hydroxylation is 3. The smallest absolute Gasteiger partial charge is 0.217 e. The molecule has 4 aromatic carbocycles. The molecule has 27 heteroatoms. The van der Waals surface area contributed by atoms with E-state index in [9.17, 15) is 14.4 Å². The molecule has 0 bridgehead atoms. The van der Waals surface area contributed by atoms with E-state index in [1.54, 1.807) is 79.0 Å². The van der Waals surface area contributed by atoms with Crippen LogP contribution in [0.25, 0.3) is 62.0 Å². The SMILES string of the molecule is CCSc1cc(N2CC[C@@H](NC(C)=O)C2)c2nc(C)c(-c3ccc(OC)c(OC)c3)n2n1.COc1ccc(-c2c(C)nc3c(N4CC[C@@H](NC(C)=O)C4)cc(-c4ccccc4)nn23)cc1OC.COc1ccc(-c2c(C)nc3c(N4CC[C@@H](NC(C)=O)C4)cc(Cl)nn23)cc1OC.CS. The first kappa shape index (κ1) is 72.1. The molecule has 3 amide bonds. The molecule has 0 unspecified atom stereocenters. The van der Waals surface area contributed by atoms with Crippen molar-refractivity contribution in [2.75, 3.05) is 109 Å². The van der Waals surface area contributed by atoms with Crippen molar-refractivity contribution in [3.05, 3.63) is 125 Å². The molecular weight excluding hydrogens is 1320 g/mol. The number of ether oxygens (including phenoxy) is 6. The van der Waals surface area contributed by atoms with Gasteiger partial charge in [-0.05, 0) is 119 Å². The number of rotatable bonds is 18. The predicted molar refractivity (Wildman–Crippen MR) is 394 cm³/mol. The Morgan fingerprint density at radius 3 is 1.19 bits per heavy atom.